The van der Waals surface area contributed by atoms with Gasteiger partial charge >= 0.3 is 0 Å². The maximum atomic E-state index is 11.3. The molecule has 1 saturated heterocycles. The Morgan fingerprint density at radius 2 is 1.00 bits per heavy atom. The summed E-state index contributed by atoms with van der Waals surface area (Å²) in [4.78, 5) is 13.7. The molecule has 0 amide bonds. The molecule has 1 aliphatic heterocycles. The summed E-state index contributed by atoms with van der Waals surface area (Å²) in [6.07, 6.45) is 3.86. The molecule has 0 spiro atoms. The first-order valence-corrected chi connectivity index (χ1v) is 10.6. The molecule has 0 N–H and O–H groups in total. The average molecular weight is 412 g/mol. The molecule has 0 saturated carbocycles. The topological polar surface area (TPSA) is 69.7 Å². The van der Waals surface area contributed by atoms with Crippen molar-refractivity contribution >= 4 is 34.2 Å². The Balaban J connectivity index is 1.35. The van der Waals surface area contributed by atoms with Crippen LogP contribution in [-0.2, 0) is 0 Å². The highest BCUT2D eigenvalue weighted by Gasteiger charge is 2.10. The van der Waals surface area contributed by atoms with Gasteiger partial charge in [0.1, 0.15) is 0 Å². The predicted octanol–water partition coefficient (Wildman–Crippen LogP) is 7.71. The minimum Gasteiger partial charge on any atom is -0.372 e. The van der Waals surface area contributed by atoms with Gasteiger partial charge in [0.2, 0.25) is 0 Å². The number of ketones is 1. The van der Waals surface area contributed by atoms with Crippen LogP contribution in [-0.4, -0.2) is 18.9 Å². The quantitative estimate of drug-likeness (QED) is 0.308. The number of carbonyl (C=O) groups is 1. The maximum absolute atomic E-state index is 11.3. The van der Waals surface area contributed by atoms with Crippen molar-refractivity contribution in [3.63, 3.8) is 0 Å². The standard InChI is InChI=1S/C25H25N5O/c1-19(31)20-5-7-21(8-6-20)26-27-22-9-11-23(12-10-22)28-29-24-13-15-25(16-14-24)30-17-3-2-4-18-30/h5-16H,2-4,17-18H2,1H3. The van der Waals surface area contributed by atoms with Crippen molar-refractivity contribution in [2.24, 2.45) is 20.5 Å². The molecular weight excluding hydrogens is 386 g/mol. The van der Waals surface area contributed by atoms with Gasteiger partial charge in [0, 0.05) is 24.3 Å². The van der Waals surface area contributed by atoms with Crippen LogP contribution in [0.3, 0.4) is 0 Å². The van der Waals surface area contributed by atoms with Crippen LogP contribution < -0.4 is 4.90 Å². The van der Waals surface area contributed by atoms with E-state index >= 15 is 0 Å². The first-order chi connectivity index (χ1) is 15.2. The van der Waals surface area contributed by atoms with E-state index in [2.05, 4.69) is 37.5 Å². The molecule has 0 aromatic heterocycles. The molecule has 6 heteroatoms. The van der Waals surface area contributed by atoms with Crippen LogP contribution in [0.25, 0.3) is 0 Å². The Morgan fingerprint density at radius 3 is 1.42 bits per heavy atom. The molecular formula is C25H25N5O. The number of carbonyl (C=O) groups excluding carboxylic acids is 1. The number of azo groups is 2. The van der Waals surface area contributed by atoms with Gasteiger partial charge in [0.25, 0.3) is 0 Å². The van der Waals surface area contributed by atoms with Gasteiger partial charge in [-0.3, -0.25) is 4.79 Å². The SMILES string of the molecule is CC(=O)c1ccc(N=Nc2ccc(N=Nc3ccc(N4CCCCC4)cc3)cc2)cc1. The third-order valence-electron chi connectivity index (χ3n) is 5.26. The Kier molecular flexibility index (Phi) is 6.57. The van der Waals surface area contributed by atoms with Crippen LogP contribution in [0.15, 0.2) is 93.3 Å². The number of piperidine rings is 1. The Bertz CT molecular complexity index is 1060. The van der Waals surface area contributed by atoms with Crippen molar-refractivity contribution in [1.82, 2.24) is 0 Å². The van der Waals surface area contributed by atoms with E-state index < -0.39 is 0 Å². The fourth-order valence-electron chi connectivity index (χ4n) is 3.46. The van der Waals surface area contributed by atoms with Crippen molar-refractivity contribution in [2.45, 2.75) is 26.2 Å². The molecule has 6 nitrogen and oxygen atoms in total. The average Bonchev–Trinajstić information content (AvgIpc) is 2.83. The summed E-state index contributed by atoms with van der Waals surface area (Å²) < 4.78 is 0. The maximum Gasteiger partial charge on any atom is 0.159 e. The largest absolute Gasteiger partial charge is 0.372 e. The zero-order valence-corrected chi connectivity index (χ0v) is 17.6. The van der Waals surface area contributed by atoms with E-state index in [-0.39, 0.29) is 5.78 Å². The number of benzene rings is 3. The Labute approximate surface area is 182 Å². The van der Waals surface area contributed by atoms with E-state index in [0.717, 1.165) is 30.2 Å². The number of anilines is 1. The van der Waals surface area contributed by atoms with E-state index in [1.807, 2.05) is 36.4 Å². The first kappa shape index (κ1) is 20.6. The second-order valence-corrected chi connectivity index (χ2v) is 7.58. The van der Waals surface area contributed by atoms with E-state index in [9.17, 15) is 4.79 Å². The number of hydrogen-bond donors (Lipinski definition) is 0. The lowest BCUT2D eigenvalue weighted by Gasteiger charge is -2.28. The molecule has 1 fully saturated rings. The third kappa shape index (κ3) is 5.69. The van der Waals surface area contributed by atoms with Crippen LogP contribution in [0, 0.1) is 0 Å². The van der Waals surface area contributed by atoms with Gasteiger partial charge in [-0.2, -0.15) is 20.5 Å². The fourth-order valence-corrected chi connectivity index (χ4v) is 3.46. The summed E-state index contributed by atoms with van der Waals surface area (Å²) in [6, 6.07) is 22.7. The van der Waals surface area contributed by atoms with E-state index in [4.69, 9.17) is 0 Å². The van der Waals surface area contributed by atoms with Crippen molar-refractivity contribution in [2.75, 3.05) is 18.0 Å². The summed E-state index contributed by atoms with van der Waals surface area (Å²) in [7, 11) is 0. The number of nitrogens with zero attached hydrogens (tertiary/aromatic N) is 5. The van der Waals surface area contributed by atoms with Crippen LogP contribution in [0.4, 0.5) is 28.4 Å². The van der Waals surface area contributed by atoms with Gasteiger partial charge < -0.3 is 4.90 Å². The fraction of sp³-hybridized carbons (Fsp3) is 0.240. The van der Waals surface area contributed by atoms with E-state index in [0.29, 0.717) is 11.3 Å². The molecule has 3 aromatic rings. The van der Waals surface area contributed by atoms with Crippen molar-refractivity contribution in [1.29, 1.82) is 0 Å². The van der Waals surface area contributed by atoms with Crippen LogP contribution in [0.5, 0.6) is 0 Å². The summed E-state index contributed by atoms with van der Waals surface area (Å²) in [5.41, 5.74) is 4.92. The summed E-state index contributed by atoms with van der Waals surface area (Å²) in [5.74, 6) is 0.0335. The third-order valence-corrected chi connectivity index (χ3v) is 5.26. The lowest BCUT2D eigenvalue weighted by atomic mass is 10.1. The second kappa shape index (κ2) is 9.89. The summed E-state index contributed by atoms with van der Waals surface area (Å²) >= 11 is 0. The number of rotatable bonds is 6. The molecule has 0 radical (unpaired) electrons. The summed E-state index contributed by atoms with van der Waals surface area (Å²) in [6.45, 7) is 3.81. The molecule has 0 bridgehead atoms. The molecule has 31 heavy (non-hydrogen) atoms. The normalized spacial score (nSPS) is 14.4. The van der Waals surface area contributed by atoms with Gasteiger partial charge in [-0.1, -0.05) is 0 Å². The Morgan fingerprint density at radius 1 is 0.613 bits per heavy atom. The van der Waals surface area contributed by atoms with Crippen molar-refractivity contribution in [3.8, 4) is 0 Å². The molecule has 0 atom stereocenters. The summed E-state index contributed by atoms with van der Waals surface area (Å²) in [5, 5.41) is 17.1. The van der Waals surface area contributed by atoms with Crippen molar-refractivity contribution < 1.29 is 4.79 Å². The molecule has 3 aromatic carbocycles. The van der Waals surface area contributed by atoms with Gasteiger partial charge in [0.05, 0.1) is 22.7 Å². The predicted molar refractivity (Wildman–Crippen MR) is 124 cm³/mol. The molecule has 1 heterocycles. The number of Topliss-reactive ketones (excluding diaryl/α,β-unsaturated/α-hetero) is 1. The minimum absolute atomic E-state index is 0.0335. The van der Waals surface area contributed by atoms with Crippen molar-refractivity contribution in [3.05, 3.63) is 78.4 Å². The molecule has 1 aliphatic rings. The van der Waals surface area contributed by atoms with Gasteiger partial charge in [0.15, 0.2) is 5.78 Å². The highest BCUT2D eigenvalue weighted by molar-refractivity contribution is 5.94. The van der Waals surface area contributed by atoms with E-state index in [1.165, 1.54) is 24.9 Å². The lowest BCUT2D eigenvalue weighted by molar-refractivity contribution is 0.101. The lowest BCUT2D eigenvalue weighted by Crippen LogP contribution is -2.29. The molecule has 0 unspecified atom stereocenters. The second-order valence-electron chi connectivity index (χ2n) is 7.58. The number of hydrogen-bond acceptors (Lipinski definition) is 6. The van der Waals surface area contributed by atoms with E-state index in [1.54, 1.807) is 31.2 Å². The first-order valence-electron chi connectivity index (χ1n) is 10.6. The minimum atomic E-state index is 0.0335. The Hall–Kier alpha value is -3.67. The van der Waals surface area contributed by atoms with Crippen LogP contribution in [0.2, 0.25) is 0 Å². The van der Waals surface area contributed by atoms with Gasteiger partial charge in [-0.15, -0.1) is 0 Å². The highest BCUT2D eigenvalue weighted by Crippen LogP contribution is 2.26. The van der Waals surface area contributed by atoms with Crippen LogP contribution >= 0.6 is 0 Å². The van der Waals surface area contributed by atoms with Crippen LogP contribution in [0.1, 0.15) is 36.5 Å². The smallest absolute Gasteiger partial charge is 0.159 e. The molecule has 156 valence electrons. The molecule has 0 aliphatic carbocycles. The monoisotopic (exact) mass is 411 g/mol. The zero-order chi connectivity index (χ0) is 21.5. The zero-order valence-electron chi connectivity index (χ0n) is 17.6. The highest BCUT2D eigenvalue weighted by atomic mass is 16.1. The van der Waals surface area contributed by atoms with Gasteiger partial charge in [-0.05, 0) is 99.0 Å². The molecule has 4 rings (SSSR count). The van der Waals surface area contributed by atoms with Gasteiger partial charge in [-0.25, -0.2) is 0 Å².